The smallest absolute Gasteiger partial charge is 0.273 e. The quantitative estimate of drug-likeness (QED) is 0.638. The van der Waals surface area contributed by atoms with Crippen LogP contribution in [0.4, 0.5) is 5.13 Å². The highest BCUT2D eigenvalue weighted by Gasteiger charge is 2.27. The molecule has 1 fully saturated rings. The van der Waals surface area contributed by atoms with E-state index in [1.54, 1.807) is 24.2 Å². The lowest BCUT2D eigenvalue weighted by atomic mass is 10.2. The van der Waals surface area contributed by atoms with Crippen LogP contribution in [0.3, 0.4) is 0 Å². The molecule has 1 amide bonds. The van der Waals surface area contributed by atoms with Crippen molar-refractivity contribution in [2.45, 2.75) is 4.90 Å². The Balaban J connectivity index is 1.47. The molecule has 8 nitrogen and oxygen atoms in total. The van der Waals surface area contributed by atoms with Crippen molar-refractivity contribution in [3.05, 3.63) is 47.9 Å². The number of nitrogens with one attached hydrogen (secondary N) is 2. The molecule has 3 aromatic rings. The van der Waals surface area contributed by atoms with Crippen LogP contribution >= 0.6 is 23.1 Å². The van der Waals surface area contributed by atoms with Gasteiger partial charge in [-0.25, -0.2) is 13.4 Å². The van der Waals surface area contributed by atoms with Gasteiger partial charge in [0.05, 0.1) is 5.69 Å². The average molecular weight is 436 g/mol. The van der Waals surface area contributed by atoms with Crippen molar-refractivity contribution in [2.24, 2.45) is 0 Å². The minimum Gasteiger partial charge on any atom is -0.356 e. The maximum absolute atomic E-state index is 12.7. The largest absolute Gasteiger partial charge is 0.356 e. The lowest BCUT2D eigenvalue weighted by Gasteiger charge is -2.24. The number of pyridine rings is 1. The molecule has 3 aromatic heterocycles. The highest BCUT2D eigenvalue weighted by atomic mass is 32.2. The maximum atomic E-state index is 12.7. The van der Waals surface area contributed by atoms with Crippen LogP contribution in [-0.2, 0) is 10.0 Å². The summed E-state index contributed by atoms with van der Waals surface area (Å²) in [6.45, 7) is 0.964. The van der Waals surface area contributed by atoms with Gasteiger partial charge in [-0.3, -0.25) is 15.1 Å². The van der Waals surface area contributed by atoms with Gasteiger partial charge < -0.3 is 4.98 Å². The molecule has 146 valence electrons. The first-order valence-electron chi connectivity index (χ1n) is 8.47. The van der Waals surface area contributed by atoms with E-state index in [0.717, 1.165) is 17.1 Å². The highest BCUT2D eigenvalue weighted by Crippen LogP contribution is 2.25. The first kappa shape index (κ1) is 19.1. The maximum Gasteiger partial charge on any atom is 0.273 e. The van der Waals surface area contributed by atoms with Crippen LogP contribution in [0.25, 0.3) is 11.3 Å². The van der Waals surface area contributed by atoms with Gasteiger partial charge in [0, 0.05) is 54.1 Å². The number of hydrogen-bond acceptors (Lipinski definition) is 7. The number of carbonyl (C=O) groups excluding carboxylic acids is 1. The summed E-state index contributed by atoms with van der Waals surface area (Å²) in [7, 11) is -3.59. The molecule has 1 aliphatic heterocycles. The van der Waals surface area contributed by atoms with E-state index in [1.807, 2.05) is 17.5 Å². The molecular weight excluding hydrogens is 418 g/mol. The van der Waals surface area contributed by atoms with Crippen molar-refractivity contribution in [3.8, 4) is 11.3 Å². The summed E-state index contributed by atoms with van der Waals surface area (Å²) < 4.78 is 26.8. The summed E-state index contributed by atoms with van der Waals surface area (Å²) in [5.41, 5.74) is 1.74. The number of carbonyl (C=O) groups is 1. The van der Waals surface area contributed by atoms with E-state index in [4.69, 9.17) is 0 Å². The fraction of sp³-hybridized carbons (Fsp3) is 0.235. The summed E-state index contributed by atoms with van der Waals surface area (Å²) in [5, 5.41) is 4.95. The van der Waals surface area contributed by atoms with Gasteiger partial charge in [-0.15, -0.1) is 11.3 Å². The molecule has 1 saturated heterocycles. The van der Waals surface area contributed by atoms with Crippen LogP contribution in [0.5, 0.6) is 0 Å². The molecule has 0 atom stereocenters. The SMILES string of the molecule is O=C(Nc1nc(-c2cccnc2)cs1)c1cc(S(=O)(=O)N2CCSCC2)c[nH]1. The van der Waals surface area contributed by atoms with Gasteiger partial charge in [-0.05, 0) is 18.2 Å². The van der Waals surface area contributed by atoms with Crippen molar-refractivity contribution in [3.63, 3.8) is 0 Å². The first-order chi connectivity index (χ1) is 13.5. The molecule has 0 bridgehead atoms. The third-order valence-corrected chi connectivity index (χ3v) is 7.77. The van der Waals surface area contributed by atoms with E-state index in [-0.39, 0.29) is 10.6 Å². The van der Waals surface area contributed by atoms with E-state index >= 15 is 0 Å². The number of thioether (sulfide) groups is 1. The summed E-state index contributed by atoms with van der Waals surface area (Å²) >= 11 is 3.02. The average Bonchev–Trinajstić information content (AvgIpc) is 3.40. The van der Waals surface area contributed by atoms with Gasteiger partial charge in [-0.1, -0.05) is 0 Å². The standard InChI is InChI=1S/C17H17N5O3S3/c23-16(21-17-20-15(11-27-17)12-2-1-3-18-9-12)14-8-13(10-19-14)28(24,25)22-4-6-26-7-5-22/h1-3,8-11,19H,4-7H2,(H,20,21,23). The van der Waals surface area contributed by atoms with Crippen molar-refractivity contribution in [2.75, 3.05) is 29.9 Å². The molecule has 4 heterocycles. The number of anilines is 1. The van der Waals surface area contributed by atoms with E-state index in [1.165, 1.54) is 27.9 Å². The van der Waals surface area contributed by atoms with E-state index in [2.05, 4.69) is 20.3 Å². The van der Waals surface area contributed by atoms with Crippen LogP contribution in [0.15, 0.2) is 47.1 Å². The molecule has 4 rings (SSSR count). The second-order valence-corrected chi connectivity index (χ2v) is 10.0. The monoisotopic (exact) mass is 435 g/mol. The molecule has 0 unspecified atom stereocenters. The lowest BCUT2D eigenvalue weighted by Crippen LogP contribution is -2.37. The number of H-pyrrole nitrogens is 1. The zero-order chi connectivity index (χ0) is 19.6. The Kier molecular flexibility index (Phi) is 5.49. The van der Waals surface area contributed by atoms with Crippen molar-refractivity contribution in [1.82, 2.24) is 19.3 Å². The van der Waals surface area contributed by atoms with Crippen molar-refractivity contribution < 1.29 is 13.2 Å². The van der Waals surface area contributed by atoms with Crippen LogP contribution in [-0.4, -0.2) is 58.2 Å². The van der Waals surface area contributed by atoms with Crippen LogP contribution < -0.4 is 5.32 Å². The van der Waals surface area contributed by atoms with Crippen LogP contribution in [0.1, 0.15) is 10.5 Å². The van der Waals surface area contributed by atoms with Crippen molar-refractivity contribution in [1.29, 1.82) is 0 Å². The number of sulfonamides is 1. The molecule has 2 N–H and O–H groups in total. The molecule has 0 radical (unpaired) electrons. The molecule has 0 spiro atoms. The summed E-state index contributed by atoms with van der Waals surface area (Å²) in [6.07, 6.45) is 4.73. The molecule has 1 aliphatic rings. The summed E-state index contributed by atoms with van der Waals surface area (Å²) in [6, 6.07) is 5.06. The van der Waals surface area contributed by atoms with E-state index in [9.17, 15) is 13.2 Å². The number of aromatic nitrogens is 3. The summed E-state index contributed by atoms with van der Waals surface area (Å²) in [5.74, 6) is 1.11. The van der Waals surface area contributed by atoms with Gasteiger partial charge >= 0.3 is 0 Å². The van der Waals surface area contributed by atoms with Crippen LogP contribution in [0.2, 0.25) is 0 Å². The third-order valence-electron chi connectivity index (χ3n) is 4.19. The Hall–Kier alpha value is -2.21. The molecule has 11 heteroatoms. The molecular formula is C17H17N5O3S3. The topological polar surface area (TPSA) is 108 Å². The first-order valence-corrected chi connectivity index (χ1v) is 11.9. The zero-order valence-corrected chi connectivity index (χ0v) is 17.1. The number of aromatic amines is 1. The Morgan fingerprint density at radius 2 is 2.11 bits per heavy atom. The number of amides is 1. The van der Waals surface area contributed by atoms with Crippen LogP contribution in [0, 0.1) is 0 Å². The Bertz CT molecular complexity index is 1070. The van der Waals surface area contributed by atoms with E-state index < -0.39 is 15.9 Å². The Morgan fingerprint density at radius 1 is 1.29 bits per heavy atom. The normalized spacial score (nSPS) is 15.4. The number of thiazole rings is 1. The molecule has 0 aromatic carbocycles. The second-order valence-electron chi connectivity index (χ2n) is 6.00. The fourth-order valence-electron chi connectivity index (χ4n) is 2.73. The second kappa shape index (κ2) is 8.03. The fourth-order valence-corrected chi connectivity index (χ4v) is 6.02. The predicted molar refractivity (Wildman–Crippen MR) is 110 cm³/mol. The number of nitrogens with zero attached hydrogens (tertiary/aromatic N) is 3. The predicted octanol–water partition coefficient (Wildman–Crippen LogP) is 2.52. The number of hydrogen-bond donors (Lipinski definition) is 2. The zero-order valence-electron chi connectivity index (χ0n) is 14.7. The molecule has 0 aliphatic carbocycles. The minimum atomic E-state index is -3.59. The highest BCUT2D eigenvalue weighted by molar-refractivity contribution is 7.99. The Morgan fingerprint density at radius 3 is 2.86 bits per heavy atom. The van der Waals surface area contributed by atoms with Crippen molar-refractivity contribution >= 4 is 44.2 Å². The number of rotatable bonds is 5. The minimum absolute atomic E-state index is 0.0970. The lowest BCUT2D eigenvalue weighted by molar-refractivity contribution is 0.102. The van der Waals surface area contributed by atoms with Gasteiger partial charge in [0.1, 0.15) is 10.6 Å². The van der Waals surface area contributed by atoms with Gasteiger partial charge in [0.2, 0.25) is 10.0 Å². The van der Waals surface area contributed by atoms with E-state index in [0.29, 0.717) is 23.9 Å². The van der Waals surface area contributed by atoms with Gasteiger partial charge in [-0.2, -0.15) is 16.1 Å². The third kappa shape index (κ3) is 3.97. The summed E-state index contributed by atoms with van der Waals surface area (Å²) in [4.78, 5) is 23.8. The Labute approximate surface area is 170 Å². The van der Waals surface area contributed by atoms with Gasteiger partial charge in [0.25, 0.3) is 5.91 Å². The van der Waals surface area contributed by atoms with Gasteiger partial charge in [0.15, 0.2) is 5.13 Å². The molecule has 0 saturated carbocycles. The molecule has 28 heavy (non-hydrogen) atoms.